The van der Waals surface area contributed by atoms with Crippen LogP contribution < -0.4 is 4.90 Å². The van der Waals surface area contributed by atoms with Crippen molar-refractivity contribution >= 4 is 60.7 Å². The van der Waals surface area contributed by atoms with E-state index in [1.165, 1.54) is 54.7 Å². The standard InChI is InChI=1S/C66H45N3/c1-5-17-46(18-6-1)47-29-35-57(36-30-47)67(54-19-7-2-8-20-54)58-37-31-48(32-38-58)51-41-52(49-33-39-61-59-25-13-15-27-63(59)68(65(61)44-49)55-21-9-3-10-22-55)43-53(42-51)50-34-40-62-60-26-14-16-28-64(60)69(66(62)45-50)56-23-11-4-12-24-56/h1-45H. The number of aromatic nitrogens is 2. The molecule has 0 spiro atoms. The summed E-state index contributed by atoms with van der Waals surface area (Å²) in [6, 6.07) is 99.2. The van der Waals surface area contributed by atoms with Crippen molar-refractivity contribution in [1.29, 1.82) is 0 Å². The number of fused-ring (bicyclic) bond motifs is 6. The molecule has 0 N–H and O–H groups in total. The molecule has 69 heavy (non-hydrogen) atoms. The van der Waals surface area contributed by atoms with Crippen molar-refractivity contribution in [1.82, 2.24) is 9.13 Å². The van der Waals surface area contributed by atoms with Gasteiger partial charge in [-0.15, -0.1) is 0 Å². The second kappa shape index (κ2) is 16.9. The van der Waals surface area contributed by atoms with Crippen LogP contribution in [-0.4, -0.2) is 9.13 Å². The van der Waals surface area contributed by atoms with Gasteiger partial charge in [-0.3, -0.25) is 0 Å². The van der Waals surface area contributed by atoms with Gasteiger partial charge in [0.25, 0.3) is 0 Å². The van der Waals surface area contributed by atoms with Gasteiger partial charge in [0.1, 0.15) is 0 Å². The molecule has 2 aromatic heterocycles. The molecule has 0 saturated heterocycles. The number of anilines is 3. The predicted octanol–water partition coefficient (Wildman–Crippen LogP) is 18.0. The Labute approximate surface area is 401 Å². The van der Waals surface area contributed by atoms with E-state index in [2.05, 4.69) is 287 Å². The van der Waals surface area contributed by atoms with Gasteiger partial charge in [0, 0.05) is 50.0 Å². The molecule has 0 radical (unpaired) electrons. The van der Waals surface area contributed by atoms with Gasteiger partial charge in [0.2, 0.25) is 0 Å². The zero-order chi connectivity index (χ0) is 45.7. The normalized spacial score (nSPS) is 11.5. The van der Waals surface area contributed by atoms with Crippen LogP contribution in [0.5, 0.6) is 0 Å². The van der Waals surface area contributed by atoms with Crippen LogP contribution >= 0.6 is 0 Å². The Balaban J connectivity index is 0.974. The number of para-hydroxylation sites is 5. The minimum atomic E-state index is 1.09. The van der Waals surface area contributed by atoms with E-state index in [0.717, 1.165) is 61.8 Å². The summed E-state index contributed by atoms with van der Waals surface area (Å²) in [6.07, 6.45) is 0. The number of hydrogen-bond acceptors (Lipinski definition) is 1. The Hall–Kier alpha value is -9.18. The smallest absolute Gasteiger partial charge is 0.0547 e. The molecule has 11 aromatic carbocycles. The minimum absolute atomic E-state index is 1.09. The van der Waals surface area contributed by atoms with Crippen LogP contribution in [-0.2, 0) is 0 Å². The van der Waals surface area contributed by atoms with Gasteiger partial charge < -0.3 is 14.0 Å². The van der Waals surface area contributed by atoms with Gasteiger partial charge in [-0.2, -0.15) is 0 Å². The van der Waals surface area contributed by atoms with E-state index in [9.17, 15) is 0 Å². The summed E-state index contributed by atoms with van der Waals surface area (Å²) in [7, 11) is 0. The summed E-state index contributed by atoms with van der Waals surface area (Å²) >= 11 is 0. The van der Waals surface area contributed by atoms with Gasteiger partial charge in [-0.05, 0) is 148 Å². The SMILES string of the molecule is c1ccc(-c2ccc(N(c3ccccc3)c3ccc(-c4cc(-c5ccc6c7ccccc7n(-c7ccccc7)c6c5)cc(-c5ccc6c7ccccc7n(-c7ccccc7)c6c5)c4)cc3)cc2)cc1. The van der Waals surface area contributed by atoms with Crippen molar-refractivity contribution in [2.75, 3.05) is 4.90 Å². The third-order valence-corrected chi connectivity index (χ3v) is 13.7. The molecule has 13 aromatic rings. The lowest BCUT2D eigenvalue weighted by Crippen LogP contribution is -2.09. The van der Waals surface area contributed by atoms with Crippen molar-refractivity contribution in [3.05, 3.63) is 273 Å². The molecule has 0 atom stereocenters. The fourth-order valence-corrected chi connectivity index (χ4v) is 10.4. The van der Waals surface area contributed by atoms with Gasteiger partial charge in [-0.25, -0.2) is 0 Å². The highest BCUT2D eigenvalue weighted by Gasteiger charge is 2.18. The summed E-state index contributed by atoms with van der Waals surface area (Å²) in [4.78, 5) is 2.34. The Morgan fingerprint density at radius 1 is 0.203 bits per heavy atom. The lowest BCUT2D eigenvalue weighted by Gasteiger charge is -2.26. The average Bonchev–Trinajstić information content (AvgIpc) is 3.94. The minimum Gasteiger partial charge on any atom is -0.311 e. The van der Waals surface area contributed by atoms with E-state index in [-0.39, 0.29) is 0 Å². The first-order valence-corrected chi connectivity index (χ1v) is 23.7. The highest BCUT2D eigenvalue weighted by atomic mass is 15.1. The van der Waals surface area contributed by atoms with Crippen LogP contribution in [0.3, 0.4) is 0 Å². The third-order valence-electron chi connectivity index (χ3n) is 13.7. The predicted molar refractivity (Wildman–Crippen MR) is 292 cm³/mol. The first kappa shape index (κ1) is 40.1. The number of rotatable bonds is 9. The maximum atomic E-state index is 2.40. The molecule has 0 saturated carbocycles. The molecule has 0 bridgehead atoms. The summed E-state index contributed by atoms with van der Waals surface area (Å²) in [5, 5.41) is 4.97. The fourth-order valence-electron chi connectivity index (χ4n) is 10.4. The molecule has 2 heterocycles. The zero-order valence-electron chi connectivity index (χ0n) is 37.8. The summed E-state index contributed by atoms with van der Waals surface area (Å²) in [5.41, 5.74) is 19.7. The van der Waals surface area contributed by atoms with Crippen LogP contribution in [0.15, 0.2) is 273 Å². The van der Waals surface area contributed by atoms with Crippen molar-refractivity contribution in [2.45, 2.75) is 0 Å². The third kappa shape index (κ3) is 7.16. The van der Waals surface area contributed by atoms with Gasteiger partial charge in [-0.1, -0.05) is 170 Å². The fraction of sp³-hybridized carbons (Fsp3) is 0. The van der Waals surface area contributed by atoms with Crippen LogP contribution in [0.2, 0.25) is 0 Å². The Kier molecular flexibility index (Phi) is 9.84. The molecule has 3 heteroatoms. The average molecular weight is 880 g/mol. The molecule has 0 aliphatic rings. The summed E-state index contributed by atoms with van der Waals surface area (Å²) in [5.74, 6) is 0. The lowest BCUT2D eigenvalue weighted by atomic mass is 9.92. The van der Waals surface area contributed by atoms with Crippen LogP contribution in [0, 0.1) is 0 Å². The Bertz CT molecular complexity index is 3790. The molecule has 0 aliphatic carbocycles. The van der Waals surface area contributed by atoms with Crippen molar-refractivity contribution < 1.29 is 0 Å². The van der Waals surface area contributed by atoms with E-state index in [1.807, 2.05) is 0 Å². The van der Waals surface area contributed by atoms with E-state index in [0.29, 0.717) is 0 Å². The molecular formula is C66H45N3. The van der Waals surface area contributed by atoms with Crippen molar-refractivity contribution in [3.63, 3.8) is 0 Å². The van der Waals surface area contributed by atoms with Gasteiger partial charge in [0.05, 0.1) is 22.1 Å². The molecular weight excluding hydrogens is 835 g/mol. The Morgan fingerprint density at radius 2 is 0.522 bits per heavy atom. The van der Waals surface area contributed by atoms with E-state index in [4.69, 9.17) is 0 Å². The first-order chi connectivity index (χ1) is 34.2. The van der Waals surface area contributed by atoms with Gasteiger partial charge in [0.15, 0.2) is 0 Å². The summed E-state index contributed by atoms with van der Waals surface area (Å²) in [6.45, 7) is 0. The number of nitrogens with zero attached hydrogens (tertiary/aromatic N) is 3. The molecule has 0 fully saturated rings. The molecule has 0 aliphatic heterocycles. The van der Waals surface area contributed by atoms with Crippen molar-refractivity contribution in [3.8, 4) is 55.9 Å². The molecule has 13 rings (SSSR count). The summed E-state index contributed by atoms with van der Waals surface area (Å²) < 4.78 is 4.81. The molecule has 324 valence electrons. The molecule has 3 nitrogen and oxygen atoms in total. The van der Waals surface area contributed by atoms with E-state index in [1.54, 1.807) is 0 Å². The quantitative estimate of drug-likeness (QED) is 0.141. The van der Waals surface area contributed by atoms with Crippen LogP contribution in [0.25, 0.3) is 99.5 Å². The van der Waals surface area contributed by atoms with Gasteiger partial charge >= 0.3 is 0 Å². The topological polar surface area (TPSA) is 13.1 Å². The van der Waals surface area contributed by atoms with Crippen LogP contribution in [0.1, 0.15) is 0 Å². The highest BCUT2D eigenvalue weighted by molar-refractivity contribution is 6.11. The van der Waals surface area contributed by atoms with Crippen LogP contribution in [0.4, 0.5) is 17.1 Å². The number of hydrogen-bond donors (Lipinski definition) is 0. The second-order valence-electron chi connectivity index (χ2n) is 17.8. The lowest BCUT2D eigenvalue weighted by molar-refractivity contribution is 1.18. The number of benzene rings is 11. The maximum absolute atomic E-state index is 2.40. The molecule has 0 amide bonds. The molecule has 0 unspecified atom stereocenters. The van der Waals surface area contributed by atoms with E-state index < -0.39 is 0 Å². The maximum Gasteiger partial charge on any atom is 0.0547 e. The van der Waals surface area contributed by atoms with Crippen molar-refractivity contribution in [2.24, 2.45) is 0 Å². The highest BCUT2D eigenvalue weighted by Crippen LogP contribution is 2.42. The first-order valence-electron chi connectivity index (χ1n) is 23.7. The monoisotopic (exact) mass is 879 g/mol. The zero-order valence-corrected chi connectivity index (χ0v) is 37.8. The largest absolute Gasteiger partial charge is 0.311 e. The second-order valence-corrected chi connectivity index (χ2v) is 17.8. The Morgan fingerprint density at radius 3 is 0.986 bits per heavy atom. The van der Waals surface area contributed by atoms with E-state index >= 15 is 0 Å².